The predicted octanol–water partition coefficient (Wildman–Crippen LogP) is 3.43. The van der Waals surface area contributed by atoms with Crippen LogP contribution in [0.2, 0.25) is 0 Å². The number of Topliss-reactive ketones (excluding diaryl/α,β-unsaturated/α-hetero) is 1. The lowest BCUT2D eigenvalue weighted by molar-refractivity contribution is -0.141. The van der Waals surface area contributed by atoms with Gasteiger partial charge >= 0.3 is 0 Å². The standard InChI is InChI=1S/C28H37N3O4/c1-6-28(4,5)31-27(35)24(32)22(18-20-13-9-7-10-14-20)29-26(34)23(17-19(2)3)30-25(33)21-15-11-8-12-16-21/h7-16,19,22-23H,6,17-18H2,1-5H3,(H,29,34)(H,30,33)(H,31,35)/t22?,23-/m0/s1. The van der Waals surface area contributed by atoms with E-state index in [0.717, 1.165) is 5.56 Å². The smallest absolute Gasteiger partial charge is 0.290 e. The maximum atomic E-state index is 13.3. The van der Waals surface area contributed by atoms with Crippen LogP contribution in [0.1, 0.15) is 63.4 Å². The molecule has 0 spiro atoms. The van der Waals surface area contributed by atoms with E-state index >= 15 is 0 Å². The minimum absolute atomic E-state index is 0.110. The molecule has 2 aromatic rings. The van der Waals surface area contributed by atoms with Gasteiger partial charge in [-0.05, 0) is 50.3 Å². The first-order valence-corrected chi connectivity index (χ1v) is 12.1. The first-order chi connectivity index (χ1) is 16.5. The van der Waals surface area contributed by atoms with Crippen molar-refractivity contribution < 1.29 is 19.2 Å². The number of hydrogen-bond donors (Lipinski definition) is 3. The van der Waals surface area contributed by atoms with Crippen LogP contribution >= 0.6 is 0 Å². The molecule has 2 atom stereocenters. The van der Waals surface area contributed by atoms with Gasteiger partial charge in [0.15, 0.2) is 0 Å². The molecule has 0 bridgehead atoms. The minimum Gasteiger partial charge on any atom is -0.345 e. The Morgan fingerprint density at radius 3 is 1.94 bits per heavy atom. The topological polar surface area (TPSA) is 104 Å². The van der Waals surface area contributed by atoms with E-state index in [0.29, 0.717) is 18.4 Å². The molecule has 7 nitrogen and oxygen atoms in total. The number of benzene rings is 2. The third-order valence-corrected chi connectivity index (χ3v) is 5.84. The summed E-state index contributed by atoms with van der Waals surface area (Å²) >= 11 is 0. The van der Waals surface area contributed by atoms with Gasteiger partial charge in [0.1, 0.15) is 12.1 Å². The Morgan fingerprint density at radius 1 is 0.829 bits per heavy atom. The van der Waals surface area contributed by atoms with Crippen molar-refractivity contribution >= 4 is 23.5 Å². The van der Waals surface area contributed by atoms with Crippen LogP contribution in [-0.4, -0.2) is 41.1 Å². The molecule has 0 aliphatic rings. The molecule has 2 aromatic carbocycles. The number of rotatable bonds is 12. The van der Waals surface area contributed by atoms with Gasteiger partial charge < -0.3 is 16.0 Å². The summed E-state index contributed by atoms with van der Waals surface area (Å²) in [6.45, 7) is 9.48. The van der Waals surface area contributed by atoms with Crippen LogP contribution in [0, 0.1) is 5.92 Å². The van der Waals surface area contributed by atoms with Crippen molar-refractivity contribution in [1.29, 1.82) is 0 Å². The van der Waals surface area contributed by atoms with E-state index < -0.39 is 35.2 Å². The number of amides is 3. The van der Waals surface area contributed by atoms with Crippen molar-refractivity contribution in [3.05, 3.63) is 71.8 Å². The Morgan fingerprint density at radius 2 is 1.40 bits per heavy atom. The summed E-state index contributed by atoms with van der Waals surface area (Å²) in [7, 11) is 0. The van der Waals surface area contributed by atoms with E-state index in [9.17, 15) is 19.2 Å². The second-order valence-electron chi connectivity index (χ2n) is 9.83. The molecule has 7 heteroatoms. The summed E-state index contributed by atoms with van der Waals surface area (Å²) in [5.41, 5.74) is 0.687. The summed E-state index contributed by atoms with van der Waals surface area (Å²) < 4.78 is 0. The molecular weight excluding hydrogens is 442 g/mol. The second kappa shape index (κ2) is 12.8. The van der Waals surface area contributed by atoms with Crippen molar-refractivity contribution in [2.45, 2.75) is 71.5 Å². The molecule has 1 unspecified atom stereocenters. The Kier molecular flexibility index (Phi) is 10.2. The lowest BCUT2D eigenvalue weighted by atomic mass is 9.97. The van der Waals surface area contributed by atoms with Gasteiger partial charge in [-0.1, -0.05) is 69.3 Å². The normalized spacial score (nSPS) is 13.0. The van der Waals surface area contributed by atoms with Crippen LogP contribution in [0.5, 0.6) is 0 Å². The SMILES string of the molecule is CCC(C)(C)NC(=O)C(=O)C(Cc1ccccc1)NC(=O)[C@H](CC(C)C)NC(=O)c1ccccc1. The number of hydrogen-bond acceptors (Lipinski definition) is 4. The highest BCUT2D eigenvalue weighted by molar-refractivity contribution is 6.38. The zero-order valence-corrected chi connectivity index (χ0v) is 21.3. The van der Waals surface area contributed by atoms with Gasteiger partial charge in [0.25, 0.3) is 11.8 Å². The van der Waals surface area contributed by atoms with Crippen molar-refractivity contribution in [3.8, 4) is 0 Å². The second-order valence-corrected chi connectivity index (χ2v) is 9.83. The molecular formula is C28H37N3O4. The van der Waals surface area contributed by atoms with E-state index in [-0.39, 0.29) is 18.2 Å². The number of nitrogens with one attached hydrogen (secondary N) is 3. The third kappa shape index (κ3) is 9.00. The van der Waals surface area contributed by atoms with Gasteiger partial charge in [0.05, 0.1) is 0 Å². The van der Waals surface area contributed by atoms with Gasteiger partial charge in [-0.15, -0.1) is 0 Å². The van der Waals surface area contributed by atoms with Gasteiger partial charge in [-0.2, -0.15) is 0 Å². The maximum absolute atomic E-state index is 13.3. The highest BCUT2D eigenvalue weighted by Crippen LogP contribution is 2.11. The zero-order chi connectivity index (χ0) is 26.0. The van der Waals surface area contributed by atoms with E-state index in [1.54, 1.807) is 30.3 Å². The number of carbonyl (C=O) groups is 4. The summed E-state index contributed by atoms with van der Waals surface area (Å²) in [5.74, 6) is -2.23. The monoisotopic (exact) mass is 479 g/mol. The molecule has 0 saturated carbocycles. The lowest BCUT2D eigenvalue weighted by Gasteiger charge is -2.27. The van der Waals surface area contributed by atoms with E-state index in [4.69, 9.17) is 0 Å². The first-order valence-electron chi connectivity index (χ1n) is 12.1. The fourth-order valence-corrected chi connectivity index (χ4v) is 3.48. The number of carbonyl (C=O) groups excluding carboxylic acids is 4. The molecule has 3 N–H and O–H groups in total. The summed E-state index contributed by atoms with van der Waals surface area (Å²) in [6.07, 6.45) is 1.18. The van der Waals surface area contributed by atoms with E-state index in [1.165, 1.54) is 0 Å². The van der Waals surface area contributed by atoms with Crippen molar-refractivity contribution in [3.63, 3.8) is 0 Å². The van der Waals surface area contributed by atoms with E-state index in [2.05, 4.69) is 16.0 Å². The average Bonchev–Trinajstić information content (AvgIpc) is 2.83. The molecule has 3 amide bonds. The van der Waals surface area contributed by atoms with Crippen LogP contribution in [-0.2, 0) is 20.8 Å². The molecule has 0 aromatic heterocycles. The van der Waals surface area contributed by atoms with Gasteiger partial charge in [-0.3, -0.25) is 19.2 Å². The highest BCUT2D eigenvalue weighted by Gasteiger charge is 2.32. The Bertz CT molecular complexity index is 1000. The third-order valence-electron chi connectivity index (χ3n) is 5.84. The van der Waals surface area contributed by atoms with Crippen LogP contribution in [0.25, 0.3) is 0 Å². The molecule has 2 rings (SSSR count). The molecule has 35 heavy (non-hydrogen) atoms. The summed E-state index contributed by atoms with van der Waals surface area (Å²) in [6, 6.07) is 15.9. The molecule has 0 aliphatic carbocycles. The van der Waals surface area contributed by atoms with Crippen molar-refractivity contribution in [2.75, 3.05) is 0 Å². The Hall–Kier alpha value is -3.48. The number of ketones is 1. The Labute approximate surface area is 208 Å². The molecule has 0 fully saturated rings. The molecule has 0 saturated heterocycles. The predicted molar refractivity (Wildman–Crippen MR) is 137 cm³/mol. The lowest BCUT2D eigenvalue weighted by Crippen LogP contribution is -2.56. The highest BCUT2D eigenvalue weighted by atomic mass is 16.2. The van der Waals surface area contributed by atoms with Crippen LogP contribution in [0.15, 0.2) is 60.7 Å². The van der Waals surface area contributed by atoms with Gasteiger partial charge in [0.2, 0.25) is 11.7 Å². The summed E-state index contributed by atoms with van der Waals surface area (Å²) in [4.78, 5) is 51.9. The van der Waals surface area contributed by atoms with E-state index in [1.807, 2.05) is 65.0 Å². The summed E-state index contributed by atoms with van der Waals surface area (Å²) in [5, 5.41) is 8.29. The maximum Gasteiger partial charge on any atom is 0.290 e. The quantitative estimate of drug-likeness (QED) is 0.406. The van der Waals surface area contributed by atoms with Crippen molar-refractivity contribution in [2.24, 2.45) is 5.92 Å². The fourth-order valence-electron chi connectivity index (χ4n) is 3.48. The zero-order valence-electron chi connectivity index (χ0n) is 21.3. The molecule has 0 radical (unpaired) electrons. The fraction of sp³-hybridized carbons (Fsp3) is 0.429. The molecule has 0 aliphatic heterocycles. The molecule has 0 heterocycles. The first kappa shape index (κ1) is 27.8. The average molecular weight is 480 g/mol. The van der Waals surface area contributed by atoms with Gasteiger partial charge in [-0.25, -0.2) is 0 Å². The van der Waals surface area contributed by atoms with Crippen molar-refractivity contribution in [1.82, 2.24) is 16.0 Å². The van der Waals surface area contributed by atoms with Crippen LogP contribution in [0.4, 0.5) is 0 Å². The molecule has 188 valence electrons. The van der Waals surface area contributed by atoms with Crippen LogP contribution < -0.4 is 16.0 Å². The Balaban J connectivity index is 2.24. The van der Waals surface area contributed by atoms with Crippen LogP contribution in [0.3, 0.4) is 0 Å². The van der Waals surface area contributed by atoms with Gasteiger partial charge in [0, 0.05) is 17.5 Å². The largest absolute Gasteiger partial charge is 0.345 e. The minimum atomic E-state index is -1.07.